The summed E-state index contributed by atoms with van der Waals surface area (Å²) in [6.07, 6.45) is 9.07. The highest BCUT2D eigenvalue weighted by molar-refractivity contribution is 5.96. The van der Waals surface area contributed by atoms with Gasteiger partial charge in [0.25, 0.3) is 5.91 Å². The van der Waals surface area contributed by atoms with Gasteiger partial charge in [0.2, 0.25) is 0 Å². The Morgan fingerprint density at radius 3 is 2.79 bits per heavy atom. The summed E-state index contributed by atoms with van der Waals surface area (Å²) in [6.45, 7) is 0. The first kappa shape index (κ1) is 18.1. The van der Waals surface area contributed by atoms with E-state index < -0.39 is 5.91 Å². The molecule has 9 nitrogen and oxygen atoms in total. The van der Waals surface area contributed by atoms with Gasteiger partial charge in [-0.25, -0.2) is 9.97 Å². The van der Waals surface area contributed by atoms with Crippen LogP contribution in [-0.4, -0.2) is 37.9 Å². The Hall–Kier alpha value is -3.33. The lowest BCUT2D eigenvalue weighted by Crippen LogP contribution is -2.42. The van der Waals surface area contributed by atoms with E-state index in [2.05, 4.69) is 30.6 Å². The Morgan fingerprint density at radius 2 is 1.96 bits per heavy atom. The van der Waals surface area contributed by atoms with Crippen molar-refractivity contribution in [1.82, 2.24) is 19.9 Å². The first-order chi connectivity index (χ1) is 13.6. The molecule has 0 aromatic carbocycles. The molecule has 0 radical (unpaired) electrons. The average Bonchev–Trinajstić information content (AvgIpc) is 2.70. The van der Waals surface area contributed by atoms with Gasteiger partial charge < -0.3 is 22.1 Å². The molecule has 0 bridgehead atoms. The number of aromatic nitrogens is 4. The van der Waals surface area contributed by atoms with Gasteiger partial charge in [0.15, 0.2) is 11.5 Å². The highest BCUT2D eigenvalue weighted by atomic mass is 16.1. The number of amides is 1. The van der Waals surface area contributed by atoms with E-state index in [9.17, 15) is 4.79 Å². The maximum absolute atomic E-state index is 11.8. The summed E-state index contributed by atoms with van der Waals surface area (Å²) in [7, 11) is 0. The predicted molar refractivity (Wildman–Crippen MR) is 107 cm³/mol. The van der Waals surface area contributed by atoms with Gasteiger partial charge in [0.1, 0.15) is 5.82 Å². The van der Waals surface area contributed by atoms with Crippen LogP contribution >= 0.6 is 0 Å². The second-order valence-electron chi connectivity index (χ2n) is 6.91. The Morgan fingerprint density at radius 1 is 1.11 bits per heavy atom. The number of nitrogens with zero attached hydrogens (tertiary/aromatic N) is 4. The summed E-state index contributed by atoms with van der Waals surface area (Å²) in [6, 6.07) is 5.72. The van der Waals surface area contributed by atoms with E-state index in [0.29, 0.717) is 11.5 Å². The normalized spacial score (nSPS) is 19.3. The number of primary amides is 1. The highest BCUT2D eigenvalue weighted by Gasteiger charge is 2.23. The van der Waals surface area contributed by atoms with Gasteiger partial charge >= 0.3 is 0 Å². The number of fused-ring (bicyclic) bond motifs is 1. The number of nitrogens with two attached hydrogens (primary N) is 2. The number of nitrogens with one attached hydrogen (secondary N) is 2. The Bertz CT molecular complexity index is 1010. The molecule has 6 N–H and O–H groups in total. The van der Waals surface area contributed by atoms with Crippen LogP contribution in [0.5, 0.6) is 0 Å². The molecule has 9 heteroatoms. The molecule has 4 rings (SSSR count). The van der Waals surface area contributed by atoms with Gasteiger partial charge in [-0.2, -0.15) is 0 Å². The van der Waals surface area contributed by atoms with Crippen molar-refractivity contribution in [3.05, 3.63) is 42.5 Å². The quantitative estimate of drug-likeness (QED) is 0.527. The van der Waals surface area contributed by atoms with Gasteiger partial charge in [-0.05, 0) is 31.0 Å². The van der Waals surface area contributed by atoms with E-state index >= 15 is 0 Å². The number of rotatable bonds is 5. The molecule has 28 heavy (non-hydrogen) atoms. The number of anilines is 3. The molecule has 3 heterocycles. The molecule has 1 fully saturated rings. The first-order valence-corrected chi connectivity index (χ1v) is 9.27. The lowest BCUT2D eigenvalue weighted by Gasteiger charge is -2.29. The minimum absolute atomic E-state index is 0.0552. The number of hydrogen-bond acceptors (Lipinski definition) is 8. The fourth-order valence-corrected chi connectivity index (χ4v) is 3.41. The minimum atomic E-state index is -0.664. The topological polar surface area (TPSA) is 145 Å². The molecule has 0 unspecified atom stereocenters. The molecule has 0 spiro atoms. The molecule has 1 amide bonds. The van der Waals surface area contributed by atoms with E-state index in [1.54, 1.807) is 12.4 Å². The van der Waals surface area contributed by atoms with E-state index in [1.165, 1.54) is 6.20 Å². The van der Waals surface area contributed by atoms with E-state index in [0.717, 1.165) is 36.7 Å². The Kier molecular flexibility index (Phi) is 4.98. The summed E-state index contributed by atoms with van der Waals surface area (Å²) < 4.78 is 0. The summed E-state index contributed by atoms with van der Waals surface area (Å²) in [5.41, 5.74) is 13.9. The van der Waals surface area contributed by atoms with Crippen LogP contribution in [0.4, 0.5) is 17.3 Å². The van der Waals surface area contributed by atoms with Crippen LogP contribution in [0.3, 0.4) is 0 Å². The smallest absolute Gasteiger partial charge is 0.271 e. The number of hydrogen-bond donors (Lipinski definition) is 4. The van der Waals surface area contributed by atoms with E-state index in [1.807, 2.05) is 18.2 Å². The van der Waals surface area contributed by atoms with Gasteiger partial charge in [-0.15, -0.1) is 0 Å². The van der Waals surface area contributed by atoms with Gasteiger partial charge in [0.05, 0.1) is 29.1 Å². The molecular weight excluding hydrogens is 356 g/mol. The molecule has 2 atom stereocenters. The Balaban J connectivity index is 1.62. The number of carbonyl (C=O) groups is 1. The van der Waals surface area contributed by atoms with Crippen molar-refractivity contribution in [2.75, 3.05) is 10.6 Å². The molecule has 3 aromatic rings. The van der Waals surface area contributed by atoms with Gasteiger partial charge in [-0.1, -0.05) is 12.8 Å². The van der Waals surface area contributed by atoms with Crippen molar-refractivity contribution in [2.45, 2.75) is 37.8 Å². The third-order valence-corrected chi connectivity index (χ3v) is 4.87. The second-order valence-corrected chi connectivity index (χ2v) is 6.91. The maximum Gasteiger partial charge on any atom is 0.271 e. The lowest BCUT2D eigenvalue weighted by molar-refractivity contribution is 0.0996. The molecule has 1 aliphatic rings. The zero-order valence-electron chi connectivity index (χ0n) is 15.3. The number of pyridine rings is 2. The third-order valence-electron chi connectivity index (χ3n) is 4.87. The van der Waals surface area contributed by atoms with E-state index in [4.69, 9.17) is 11.5 Å². The van der Waals surface area contributed by atoms with Crippen LogP contribution in [-0.2, 0) is 0 Å². The summed E-state index contributed by atoms with van der Waals surface area (Å²) in [5.74, 6) is 0.142. The van der Waals surface area contributed by atoms with Crippen molar-refractivity contribution in [1.29, 1.82) is 0 Å². The van der Waals surface area contributed by atoms with Crippen LogP contribution in [0, 0.1) is 0 Å². The molecule has 3 aromatic heterocycles. The van der Waals surface area contributed by atoms with Crippen molar-refractivity contribution < 1.29 is 4.79 Å². The number of carbonyl (C=O) groups excluding carboxylic acids is 1. The van der Waals surface area contributed by atoms with Gasteiger partial charge in [0, 0.05) is 18.3 Å². The molecular formula is C19H22N8O. The lowest BCUT2D eigenvalue weighted by atomic mass is 9.91. The summed E-state index contributed by atoms with van der Waals surface area (Å²) >= 11 is 0. The third kappa shape index (κ3) is 3.84. The highest BCUT2D eigenvalue weighted by Crippen LogP contribution is 2.24. The zero-order chi connectivity index (χ0) is 19.5. The second kappa shape index (κ2) is 7.73. The van der Waals surface area contributed by atoms with Crippen molar-refractivity contribution in [3.63, 3.8) is 0 Å². The Labute approximate surface area is 162 Å². The fraction of sp³-hybridized carbons (Fsp3) is 0.316. The predicted octanol–water partition coefficient (Wildman–Crippen LogP) is 1.94. The minimum Gasteiger partial charge on any atom is -0.364 e. The molecule has 0 saturated heterocycles. The van der Waals surface area contributed by atoms with Gasteiger partial charge in [-0.3, -0.25) is 14.8 Å². The van der Waals surface area contributed by atoms with Crippen molar-refractivity contribution in [3.8, 4) is 0 Å². The molecule has 1 aliphatic carbocycles. The zero-order valence-corrected chi connectivity index (χ0v) is 15.3. The van der Waals surface area contributed by atoms with Crippen LogP contribution in [0.1, 0.15) is 36.2 Å². The molecule has 1 saturated carbocycles. The van der Waals surface area contributed by atoms with E-state index in [-0.39, 0.29) is 23.6 Å². The maximum atomic E-state index is 11.8. The van der Waals surface area contributed by atoms with Crippen molar-refractivity contribution >= 4 is 34.3 Å². The van der Waals surface area contributed by atoms with Crippen molar-refractivity contribution in [2.24, 2.45) is 11.5 Å². The molecule has 144 valence electrons. The van der Waals surface area contributed by atoms with Crippen LogP contribution in [0.2, 0.25) is 0 Å². The SMILES string of the molecule is NC(=O)c1ncc(N[C@@H]2CCCC[C@@H]2N)nc1Nc1cnc2cccnc2c1. The summed E-state index contributed by atoms with van der Waals surface area (Å²) in [5, 5.41) is 6.42. The first-order valence-electron chi connectivity index (χ1n) is 9.27. The summed E-state index contributed by atoms with van der Waals surface area (Å²) in [4.78, 5) is 29.1. The largest absolute Gasteiger partial charge is 0.364 e. The van der Waals surface area contributed by atoms with Crippen LogP contribution in [0.25, 0.3) is 11.0 Å². The molecule has 0 aliphatic heterocycles. The fourth-order valence-electron chi connectivity index (χ4n) is 3.41. The standard InChI is InChI=1S/C19H22N8O/c20-12-4-1-2-5-13(12)26-16-10-24-17(18(21)28)19(27-16)25-11-8-15-14(23-9-11)6-3-7-22-15/h3,6-10,12-13H,1-2,4-5,20H2,(H2,21,28)(H2,25,26,27)/t12-,13+/m0/s1. The van der Waals surface area contributed by atoms with Crippen LogP contribution < -0.4 is 22.1 Å². The van der Waals surface area contributed by atoms with Crippen LogP contribution in [0.15, 0.2) is 36.8 Å². The average molecular weight is 378 g/mol. The monoisotopic (exact) mass is 378 g/mol.